The molecule has 0 radical (unpaired) electrons. The molecule has 0 saturated carbocycles. The van der Waals surface area contributed by atoms with E-state index in [0.717, 1.165) is 10.9 Å². The van der Waals surface area contributed by atoms with Crippen molar-refractivity contribution in [1.82, 2.24) is 9.66 Å². The predicted molar refractivity (Wildman–Crippen MR) is 113 cm³/mol. The van der Waals surface area contributed by atoms with Crippen LogP contribution in [0.4, 0.5) is 0 Å². The summed E-state index contributed by atoms with van der Waals surface area (Å²) >= 11 is 3.40. The van der Waals surface area contributed by atoms with Gasteiger partial charge in [0.15, 0.2) is 6.61 Å². The molecule has 2 aromatic carbocycles. The van der Waals surface area contributed by atoms with Gasteiger partial charge in [-0.05, 0) is 36.8 Å². The highest BCUT2D eigenvalue weighted by Crippen LogP contribution is 2.21. The van der Waals surface area contributed by atoms with E-state index in [-0.39, 0.29) is 18.1 Å². The van der Waals surface area contributed by atoms with Gasteiger partial charge in [0, 0.05) is 16.0 Å². The average molecular weight is 439 g/mol. The molecule has 0 aliphatic rings. The van der Waals surface area contributed by atoms with Gasteiger partial charge in [-0.3, -0.25) is 4.79 Å². The fourth-order valence-corrected chi connectivity index (χ4v) is 3.09. The third-order valence-corrected chi connectivity index (χ3v) is 4.90. The topological polar surface area (TPSA) is 80.3 Å². The summed E-state index contributed by atoms with van der Waals surface area (Å²) in [5.74, 6) is 1.19. The van der Waals surface area contributed by atoms with Crippen molar-refractivity contribution in [2.75, 3.05) is 6.61 Å². The molecule has 0 unspecified atom stereocenters. The summed E-state index contributed by atoms with van der Waals surface area (Å²) in [5, 5.41) is 13.7. The monoisotopic (exact) mass is 438 g/mol. The van der Waals surface area contributed by atoms with Gasteiger partial charge in [-0.2, -0.15) is 15.0 Å². The number of para-hydroxylation sites is 1. The molecule has 0 N–H and O–H groups in total. The first-order valence-corrected chi connectivity index (χ1v) is 9.69. The van der Waals surface area contributed by atoms with Crippen molar-refractivity contribution in [3.05, 3.63) is 68.7 Å². The maximum Gasteiger partial charge on any atom is 0.282 e. The van der Waals surface area contributed by atoms with Crippen molar-refractivity contribution < 1.29 is 4.74 Å². The number of rotatable bonds is 6. The van der Waals surface area contributed by atoms with E-state index in [4.69, 9.17) is 10.00 Å². The number of nitrogens with zero attached hydrogens (tertiary/aromatic N) is 4. The highest BCUT2D eigenvalue weighted by Gasteiger charge is 2.15. The number of hydrogen-bond acceptors (Lipinski definition) is 5. The fraction of sp³-hybridized carbons (Fsp3) is 0.238. The van der Waals surface area contributed by atoms with Crippen molar-refractivity contribution in [3.8, 4) is 11.8 Å². The van der Waals surface area contributed by atoms with E-state index < -0.39 is 0 Å². The molecule has 0 saturated heterocycles. The van der Waals surface area contributed by atoms with E-state index in [1.54, 1.807) is 18.3 Å². The summed E-state index contributed by atoms with van der Waals surface area (Å²) in [7, 11) is 0. The van der Waals surface area contributed by atoms with Crippen LogP contribution in [0.25, 0.3) is 10.9 Å². The number of fused-ring (bicyclic) bond motifs is 1. The Morgan fingerprint density at radius 1 is 1.36 bits per heavy atom. The van der Waals surface area contributed by atoms with Gasteiger partial charge < -0.3 is 4.74 Å². The van der Waals surface area contributed by atoms with Crippen LogP contribution >= 0.6 is 15.9 Å². The average Bonchev–Trinajstić information content (AvgIpc) is 2.71. The van der Waals surface area contributed by atoms with Crippen molar-refractivity contribution >= 4 is 33.0 Å². The third kappa shape index (κ3) is 4.12. The molecule has 3 aromatic rings. The Hall–Kier alpha value is -2.98. The lowest BCUT2D eigenvalue weighted by atomic mass is 10.1. The number of ether oxygens (including phenoxy) is 1. The van der Waals surface area contributed by atoms with Crippen LogP contribution in [0, 0.1) is 11.3 Å². The molecule has 1 aromatic heterocycles. The van der Waals surface area contributed by atoms with E-state index >= 15 is 0 Å². The van der Waals surface area contributed by atoms with Crippen LogP contribution in [0.1, 0.15) is 37.6 Å². The quantitative estimate of drug-likeness (QED) is 0.532. The highest BCUT2D eigenvalue weighted by molar-refractivity contribution is 9.10. The molecular formula is C21H19BrN4O2. The summed E-state index contributed by atoms with van der Waals surface area (Å²) in [6.07, 6.45) is 2.39. The number of halogens is 1. The van der Waals surface area contributed by atoms with Crippen molar-refractivity contribution in [2.45, 2.75) is 26.2 Å². The van der Waals surface area contributed by atoms with E-state index in [1.165, 1.54) is 4.68 Å². The molecule has 1 atom stereocenters. The summed E-state index contributed by atoms with van der Waals surface area (Å²) < 4.78 is 7.59. The number of hydrogen-bond donors (Lipinski definition) is 0. The van der Waals surface area contributed by atoms with Crippen molar-refractivity contribution in [3.63, 3.8) is 0 Å². The Balaban J connectivity index is 2.14. The van der Waals surface area contributed by atoms with Gasteiger partial charge >= 0.3 is 0 Å². The molecule has 6 nitrogen and oxygen atoms in total. The molecule has 0 spiro atoms. The Morgan fingerprint density at radius 3 is 2.89 bits per heavy atom. The van der Waals surface area contributed by atoms with Crippen LogP contribution in [0.15, 0.2) is 56.8 Å². The van der Waals surface area contributed by atoms with E-state index in [0.29, 0.717) is 28.0 Å². The van der Waals surface area contributed by atoms with Crippen LogP contribution < -0.4 is 10.3 Å². The first-order valence-electron chi connectivity index (χ1n) is 8.90. The predicted octanol–water partition coefficient (Wildman–Crippen LogP) is 4.46. The second-order valence-electron chi connectivity index (χ2n) is 6.29. The second-order valence-corrected chi connectivity index (χ2v) is 7.20. The Labute approximate surface area is 171 Å². The van der Waals surface area contributed by atoms with Crippen molar-refractivity contribution in [1.29, 1.82) is 5.26 Å². The zero-order valence-electron chi connectivity index (χ0n) is 15.6. The summed E-state index contributed by atoms with van der Waals surface area (Å²) in [6, 6.07) is 14.6. The smallest absolute Gasteiger partial charge is 0.282 e. The molecule has 3 rings (SSSR count). The Bertz CT molecular complexity index is 1130. The van der Waals surface area contributed by atoms with Crippen LogP contribution in [0.3, 0.4) is 0 Å². The summed E-state index contributed by atoms with van der Waals surface area (Å²) in [4.78, 5) is 17.8. The molecule has 1 heterocycles. The van der Waals surface area contributed by atoms with Gasteiger partial charge in [0.1, 0.15) is 17.6 Å². The molecule has 0 aliphatic carbocycles. The van der Waals surface area contributed by atoms with Crippen LogP contribution in [0.2, 0.25) is 0 Å². The molecular weight excluding hydrogens is 420 g/mol. The summed E-state index contributed by atoms with van der Waals surface area (Å²) in [5.41, 5.74) is 1.09. The maximum absolute atomic E-state index is 13.1. The third-order valence-electron chi connectivity index (χ3n) is 4.41. The minimum absolute atomic E-state index is 0.0583. The zero-order valence-corrected chi connectivity index (χ0v) is 17.2. The normalized spacial score (nSPS) is 12.2. The molecule has 0 fully saturated rings. The first-order chi connectivity index (χ1) is 13.5. The SMILES string of the molecule is CC[C@@H](C)c1nc2ccc(Br)cc2c(=O)n1N=Cc1ccccc1OCC#N. The van der Waals surface area contributed by atoms with Gasteiger partial charge in [0.25, 0.3) is 5.56 Å². The standard InChI is InChI=1S/C21H19BrN4O2/c1-3-14(2)20-25-18-9-8-16(22)12-17(18)21(27)26(20)24-13-15-6-4-5-7-19(15)28-11-10-23/h4-9,12-14H,3,11H2,1-2H3/t14-/m1/s1. The van der Waals surface area contributed by atoms with Gasteiger partial charge in [-0.1, -0.05) is 41.9 Å². The van der Waals surface area contributed by atoms with Crippen LogP contribution in [0.5, 0.6) is 5.75 Å². The molecule has 7 heteroatoms. The lowest BCUT2D eigenvalue weighted by molar-refractivity contribution is 0.367. The Morgan fingerprint density at radius 2 is 2.14 bits per heavy atom. The van der Waals surface area contributed by atoms with Gasteiger partial charge in [0.2, 0.25) is 0 Å². The maximum atomic E-state index is 13.1. The summed E-state index contributed by atoms with van der Waals surface area (Å²) in [6.45, 7) is 4.00. The molecule has 0 aliphatic heterocycles. The van der Waals surface area contributed by atoms with Gasteiger partial charge in [0.05, 0.1) is 17.1 Å². The molecule has 28 heavy (non-hydrogen) atoms. The van der Waals surface area contributed by atoms with Gasteiger partial charge in [-0.15, -0.1) is 0 Å². The minimum atomic E-state index is -0.228. The largest absolute Gasteiger partial charge is 0.478 e. The lowest BCUT2D eigenvalue weighted by Crippen LogP contribution is -2.23. The van der Waals surface area contributed by atoms with Crippen LogP contribution in [-0.2, 0) is 0 Å². The van der Waals surface area contributed by atoms with Crippen LogP contribution in [-0.4, -0.2) is 22.5 Å². The second kappa shape index (κ2) is 8.81. The minimum Gasteiger partial charge on any atom is -0.478 e. The number of aromatic nitrogens is 2. The van der Waals surface area contributed by atoms with E-state index in [1.807, 2.05) is 50.2 Å². The van der Waals surface area contributed by atoms with E-state index in [9.17, 15) is 4.79 Å². The van der Waals surface area contributed by atoms with E-state index in [2.05, 4.69) is 26.0 Å². The fourth-order valence-electron chi connectivity index (χ4n) is 2.73. The highest BCUT2D eigenvalue weighted by atomic mass is 79.9. The van der Waals surface area contributed by atoms with Gasteiger partial charge in [-0.25, -0.2) is 4.98 Å². The van der Waals surface area contributed by atoms with Crippen molar-refractivity contribution in [2.24, 2.45) is 5.10 Å². The zero-order chi connectivity index (χ0) is 20.1. The molecule has 142 valence electrons. The molecule has 0 amide bonds. The Kier molecular flexibility index (Phi) is 6.22. The molecule has 0 bridgehead atoms. The number of benzene rings is 2. The lowest BCUT2D eigenvalue weighted by Gasteiger charge is -2.14. The number of nitriles is 1. The first kappa shape index (κ1) is 19.8.